The van der Waals surface area contributed by atoms with Crippen LogP contribution in [0.2, 0.25) is 5.02 Å². The van der Waals surface area contributed by atoms with Gasteiger partial charge in [-0.05, 0) is 24.3 Å². The van der Waals surface area contributed by atoms with Gasteiger partial charge in [0.05, 0.1) is 5.56 Å². The van der Waals surface area contributed by atoms with Crippen LogP contribution in [0.15, 0.2) is 30.3 Å². The summed E-state index contributed by atoms with van der Waals surface area (Å²) in [6.07, 6.45) is -4.37. The van der Waals surface area contributed by atoms with E-state index in [1.807, 2.05) is 6.07 Å². The van der Waals surface area contributed by atoms with Crippen molar-refractivity contribution in [1.29, 1.82) is 0 Å². The number of nitrogens with two attached hydrogens (primary N) is 1. The zero-order valence-corrected chi connectivity index (χ0v) is 10.7. The predicted molar refractivity (Wildman–Crippen MR) is 67.7 cm³/mol. The van der Waals surface area contributed by atoms with Gasteiger partial charge in [-0.25, -0.2) is 0 Å². The third kappa shape index (κ3) is 2.68. The minimum Gasteiger partial charge on any atom is -0.326 e. The van der Waals surface area contributed by atoms with Crippen LogP contribution in [-0.2, 0) is 12.7 Å². The van der Waals surface area contributed by atoms with Gasteiger partial charge in [-0.15, -0.1) is 11.3 Å². The van der Waals surface area contributed by atoms with E-state index in [0.717, 1.165) is 21.9 Å². The van der Waals surface area contributed by atoms with Crippen LogP contribution in [0, 0.1) is 0 Å². The van der Waals surface area contributed by atoms with E-state index in [4.69, 9.17) is 17.3 Å². The van der Waals surface area contributed by atoms with Crippen LogP contribution in [0.1, 0.15) is 10.4 Å². The molecule has 1 aromatic heterocycles. The van der Waals surface area contributed by atoms with E-state index in [1.165, 1.54) is 17.4 Å². The first-order valence-electron chi connectivity index (χ1n) is 5.07. The third-order valence-corrected chi connectivity index (χ3v) is 3.88. The Morgan fingerprint density at radius 2 is 1.89 bits per heavy atom. The lowest BCUT2D eigenvalue weighted by Crippen LogP contribution is -2.04. The molecule has 0 aliphatic heterocycles. The van der Waals surface area contributed by atoms with Crippen molar-refractivity contribution in [2.75, 3.05) is 0 Å². The molecule has 0 fully saturated rings. The van der Waals surface area contributed by atoms with Gasteiger partial charge < -0.3 is 5.73 Å². The number of benzene rings is 1. The second kappa shape index (κ2) is 4.91. The molecule has 1 nitrogen and oxygen atoms in total. The molecule has 0 bridgehead atoms. The van der Waals surface area contributed by atoms with Crippen molar-refractivity contribution >= 4 is 22.9 Å². The lowest BCUT2D eigenvalue weighted by molar-refractivity contribution is -0.137. The van der Waals surface area contributed by atoms with Crippen LogP contribution in [-0.4, -0.2) is 0 Å². The maximum atomic E-state index is 12.5. The van der Waals surface area contributed by atoms with E-state index >= 15 is 0 Å². The molecule has 1 aromatic carbocycles. The molecule has 0 saturated heterocycles. The van der Waals surface area contributed by atoms with Crippen molar-refractivity contribution in [2.24, 2.45) is 5.73 Å². The lowest BCUT2D eigenvalue weighted by Gasteiger charge is -2.08. The molecule has 0 spiro atoms. The fraction of sp³-hybridized carbons (Fsp3) is 0.167. The Morgan fingerprint density at radius 1 is 1.17 bits per heavy atom. The van der Waals surface area contributed by atoms with Gasteiger partial charge in [-0.1, -0.05) is 17.7 Å². The first kappa shape index (κ1) is 13.4. The highest BCUT2D eigenvalue weighted by Gasteiger charge is 2.31. The van der Waals surface area contributed by atoms with Gasteiger partial charge in [-0.3, -0.25) is 0 Å². The van der Waals surface area contributed by atoms with Crippen molar-refractivity contribution in [3.05, 3.63) is 45.8 Å². The average Bonchev–Trinajstić information content (AvgIpc) is 2.76. The molecule has 6 heteroatoms. The Bertz CT molecular complexity index is 563. The van der Waals surface area contributed by atoms with Gasteiger partial charge in [0.15, 0.2) is 0 Å². The van der Waals surface area contributed by atoms with E-state index < -0.39 is 11.7 Å². The van der Waals surface area contributed by atoms with Crippen molar-refractivity contribution in [1.82, 2.24) is 0 Å². The average molecular weight is 292 g/mol. The summed E-state index contributed by atoms with van der Waals surface area (Å²) in [6.45, 7) is 0.406. The zero-order valence-electron chi connectivity index (χ0n) is 9.09. The number of rotatable bonds is 2. The summed E-state index contributed by atoms with van der Waals surface area (Å²) < 4.78 is 37.5. The quantitative estimate of drug-likeness (QED) is 0.863. The number of alkyl halides is 3. The summed E-state index contributed by atoms with van der Waals surface area (Å²) in [5, 5.41) is 0.0928. The molecule has 0 radical (unpaired) electrons. The Hall–Kier alpha value is -1.04. The summed E-state index contributed by atoms with van der Waals surface area (Å²) in [5.74, 6) is 0. The van der Waals surface area contributed by atoms with Crippen LogP contribution in [0.4, 0.5) is 13.2 Å². The van der Waals surface area contributed by atoms with E-state index in [0.29, 0.717) is 12.1 Å². The van der Waals surface area contributed by atoms with Gasteiger partial charge >= 0.3 is 6.18 Å². The van der Waals surface area contributed by atoms with Gasteiger partial charge in [0.25, 0.3) is 0 Å². The highest BCUT2D eigenvalue weighted by molar-refractivity contribution is 7.15. The number of thiophene rings is 1. The standard InChI is InChI=1S/C12H9ClF3NS/c13-10-5-7(12(14,15)16)1-3-9(10)11-4-2-8(6-17)18-11/h1-5H,6,17H2. The van der Waals surface area contributed by atoms with Crippen LogP contribution >= 0.6 is 22.9 Å². The Labute approximate surface area is 111 Å². The van der Waals surface area contributed by atoms with Gasteiger partial charge in [0, 0.05) is 26.9 Å². The van der Waals surface area contributed by atoms with E-state index in [1.54, 1.807) is 6.07 Å². The Morgan fingerprint density at radius 3 is 2.39 bits per heavy atom. The van der Waals surface area contributed by atoms with Gasteiger partial charge in [-0.2, -0.15) is 13.2 Å². The normalized spacial score (nSPS) is 11.8. The highest BCUT2D eigenvalue weighted by Crippen LogP contribution is 2.37. The van der Waals surface area contributed by atoms with E-state index in [-0.39, 0.29) is 5.02 Å². The second-order valence-electron chi connectivity index (χ2n) is 3.66. The molecule has 2 aromatic rings. The molecular formula is C12H9ClF3NS. The van der Waals surface area contributed by atoms with Crippen molar-refractivity contribution in [3.63, 3.8) is 0 Å². The van der Waals surface area contributed by atoms with Crippen molar-refractivity contribution in [3.8, 4) is 10.4 Å². The minimum absolute atomic E-state index is 0.0928. The fourth-order valence-electron chi connectivity index (χ4n) is 1.52. The topological polar surface area (TPSA) is 26.0 Å². The molecule has 0 aliphatic rings. The molecule has 0 aliphatic carbocycles. The molecule has 0 amide bonds. The first-order chi connectivity index (χ1) is 8.41. The molecule has 96 valence electrons. The minimum atomic E-state index is -4.37. The van der Waals surface area contributed by atoms with Crippen molar-refractivity contribution < 1.29 is 13.2 Å². The van der Waals surface area contributed by atoms with Gasteiger partial charge in [0.1, 0.15) is 0 Å². The largest absolute Gasteiger partial charge is 0.416 e. The zero-order chi connectivity index (χ0) is 13.3. The summed E-state index contributed by atoms with van der Waals surface area (Å²) in [6, 6.07) is 7.01. The summed E-state index contributed by atoms with van der Waals surface area (Å²) in [4.78, 5) is 1.77. The summed E-state index contributed by atoms with van der Waals surface area (Å²) >= 11 is 7.32. The molecule has 0 unspecified atom stereocenters. The van der Waals surface area contributed by atoms with E-state index in [9.17, 15) is 13.2 Å². The van der Waals surface area contributed by atoms with Crippen LogP contribution in [0.5, 0.6) is 0 Å². The second-order valence-corrected chi connectivity index (χ2v) is 5.24. The predicted octanol–water partition coefficient (Wildman–Crippen LogP) is 4.55. The molecule has 0 saturated carbocycles. The number of hydrogen-bond donors (Lipinski definition) is 1. The molecule has 18 heavy (non-hydrogen) atoms. The maximum Gasteiger partial charge on any atom is 0.416 e. The highest BCUT2D eigenvalue weighted by atomic mass is 35.5. The number of halogens is 4. The van der Waals surface area contributed by atoms with Crippen LogP contribution < -0.4 is 5.73 Å². The maximum absolute atomic E-state index is 12.5. The Balaban J connectivity index is 2.41. The smallest absolute Gasteiger partial charge is 0.326 e. The Kier molecular flexibility index (Phi) is 3.66. The molecule has 0 atom stereocenters. The van der Waals surface area contributed by atoms with Crippen molar-refractivity contribution in [2.45, 2.75) is 12.7 Å². The summed E-state index contributed by atoms with van der Waals surface area (Å²) in [7, 11) is 0. The summed E-state index contributed by atoms with van der Waals surface area (Å²) in [5.41, 5.74) is 5.34. The fourth-order valence-corrected chi connectivity index (χ4v) is 2.79. The van der Waals surface area contributed by atoms with Gasteiger partial charge in [0.2, 0.25) is 0 Å². The van der Waals surface area contributed by atoms with E-state index in [2.05, 4.69) is 0 Å². The molecular weight excluding hydrogens is 283 g/mol. The third-order valence-electron chi connectivity index (χ3n) is 2.42. The lowest BCUT2D eigenvalue weighted by atomic mass is 10.1. The molecule has 1 heterocycles. The molecule has 2 N–H and O–H groups in total. The van der Waals surface area contributed by atoms with Crippen LogP contribution in [0.3, 0.4) is 0 Å². The number of hydrogen-bond acceptors (Lipinski definition) is 2. The van der Waals surface area contributed by atoms with Crippen LogP contribution in [0.25, 0.3) is 10.4 Å². The molecule has 2 rings (SSSR count). The SMILES string of the molecule is NCc1ccc(-c2ccc(C(F)(F)F)cc2Cl)s1. The monoisotopic (exact) mass is 291 g/mol. The first-order valence-corrected chi connectivity index (χ1v) is 6.27.